The van der Waals surface area contributed by atoms with Crippen molar-refractivity contribution in [1.29, 1.82) is 0 Å². The molecule has 2 atom stereocenters. The first kappa shape index (κ1) is 25.4. The number of amides is 1. The van der Waals surface area contributed by atoms with Crippen molar-refractivity contribution in [1.82, 2.24) is 34.6 Å². The zero-order valence-corrected chi connectivity index (χ0v) is 23.3. The molecule has 0 bridgehead atoms. The van der Waals surface area contributed by atoms with Gasteiger partial charge >= 0.3 is 0 Å². The Hall–Kier alpha value is -3.85. The minimum atomic E-state index is -0.0543. The van der Waals surface area contributed by atoms with E-state index in [-0.39, 0.29) is 12.0 Å². The van der Waals surface area contributed by atoms with Crippen LogP contribution in [0.2, 0.25) is 0 Å². The second-order valence-corrected chi connectivity index (χ2v) is 11.2. The van der Waals surface area contributed by atoms with Gasteiger partial charge in [0.2, 0.25) is 0 Å². The molecule has 1 saturated carbocycles. The van der Waals surface area contributed by atoms with E-state index in [1.807, 2.05) is 56.4 Å². The molecule has 1 aromatic carbocycles. The van der Waals surface area contributed by atoms with Crippen LogP contribution in [-0.4, -0.2) is 79.8 Å². The highest BCUT2D eigenvalue weighted by Crippen LogP contribution is 2.38. The zero-order valence-electron chi connectivity index (χ0n) is 23.3. The van der Waals surface area contributed by atoms with E-state index in [4.69, 9.17) is 9.72 Å². The minimum absolute atomic E-state index is 0.0543. The fourth-order valence-corrected chi connectivity index (χ4v) is 5.72. The third-order valence-corrected chi connectivity index (χ3v) is 8.18. The van der Waals surface area contributed by atoms with Crippen molar-refractivity contribution in [2.24, 2.45) is 0 Å². The highest BCUT2D eigenvalue weighted by atomic mass is 16.5. The molecule has 1 aliphatic carbocycles. The van der Waals surface area contributed by atoms with Gasteiger partial charge in [0.15, 0.2) is 17.1 Å². The molecule has 202 valence electrons. The number of likely N-dealkylation sites (N-methyl/N-ethyl adjacent to an activating group) is 1. The Bertz CT molecular complexity index is 1510. The van der Waals surface area contributed by atoms with E-state index < -0.39 is 0 Å². The van der Waals surface area contributed by atoms with Crippen LogP contribution < -0.4 is 4.74 Å². The van der Waals surface area contributed by atoms with Crippen LogP contribution >= 0.6 is 0 Å². The monoisotopic (exact) mass is 525 g/mol. The third kappa shape index (κ3) is 4.87. The van der Waals surface area contributed by atoms with Gasteiger partial charge in [-0.1, -0.05) is 24.3 Å². The molecule has 0 spiro atoms. The predicted molar refractivity (Wildman–Crippen MR) is 149 cm³/mol. The topological polar surface area (TPSA) is 88.8 Å². The summed E-state index contributed by atoms with van der Waals surface area (Å²) in [6.45, 7) is 7.50. The third-order valence-electron chi connectivity index (χ3n) is 8.18. The number of fused-ring (bicyclic) bond motifs is 1. The first-order valence-corrected chi connectivity index (χ1v) is 13.7. The first-order chi connectivity index (χ1) is 18.8. The van der Waals surface area contributed by atoms with E-state index in [1.165, 1.54) is 5.56 Å². The van der Waals surface area contributed by atoms with Crippen molar-refractivity contribution in [3.8, 4) is 17.0 Å². The summed E-state index contributed by atoms with van der Waals surface area (Å²) in [7, 11) is 4.07. The fraction of sp³-hybridized carbons (Fsp3) is 0.433. The smallest absolute Gasteiger partial charge is 0.274 e. The Kier molecular flexibility index (Phi) is 6.54. The average Bonchev–Trinajstić information content (AvgIpc) is 3.52. The Morgan fingerprint density at radius 3 is 2.46 bits per heavy atom. The molecule has 2 aliphatic rings. The number of hydrogen-bond donors (Lipinski definition) is 0. The predicted octanol–water partition coefficient (Wildman–Crippen LogP) is 4.21. The number of carbonyl (C=O) groups excluding carboxylic acids is 1. The number of carbonyl (C=O) groups is 1. The number of benzene rings is 1. The molecule has 9 heteroatoms. The summed E-state index contributed by atoms with van der Waals surface area (Å²) in [5.41, 5.74) is 7.18. The Balaban J connectivity index is 1.08. The summed E-state index contributed by atoms with van der Waals surface area (Å²) < 4.78 is 8.38. The Morgan fingerprint density at radius 1 is 1.00 bits per heavy atom. The molecule has 1 unspecified atom stereocenters. The van der Waals surface area contributed by atoms with Crippen LogP contribution in [0.4, 0.5) is 0 Å². The van der Waals surface area contributed by atoms with Crippen LogP contribution in [-0.2, 0) is 0 Å². The average molecular weight is 526 g/mol. The van der Waals surface area contributed by atoms with E-state index in [0.29, 0.717) is 17.7 Å². The van der Waals surface area contributed by atoms with Crippen molar-refractivity contribution in [2.75, 3.05) is 27.2 Å². The molecule has 1 saturated heterocycles. The van der Waals surface area contributed by atoms with Gasteiger partial charge in [-0.05, 0) is 77.7 Å². The lowest BCUT2D eigenvalue weighted by molar-refractivity contribution is 0.0393. The van der Waals surface area contributed by atoms with E-state index in [0.717, 1.165) is 72.1 Å². The lowest BCUT2D eigenvalue weighted by Gasteiger charge is -2.42. The van der Waals surface area contributed by atoms with Crippen LogP contribution in [0, 0.1) is 20.8 Å². The van der Waals surface area contributed by atoms with Gasteiger partial charge in [0, 0.05) is 30.8 Å². The van der Waals surface area contributed by atoms with Crippen molar-refractivity contribution < 1.29 is 9.53 Å². The van der Waals surface area contributed by atoms with Crippen LogP contribution in [0.5, 0.6) is 5.75 Å². The van der Waals surface area contributed by atoms with Gasteiger partial charge in [0.1, 0.15) is 0 Å². The van der Waals surface area contributed by atoms with Crippen LogP contribution in [0.15, 0.2) is 42.5 Å². The number of rotatable bonds is 6. The number of ether oxygens (including phenoxy) is 1. The quantitative estimate of drug-likeness (QED) is 0.373. The molecule has 0 radical (unpaired) electrons. The molecule has 6 rings (SSSR count). The summed E-state index contributed by atoms with van der Waals surface area (Å²) in [4.78, 5) is 21.3. The molecular formula is C30H35N7O2. The molecule has 39 heavy (non-hydrogen) atoms. The molecule has 1 aliphatic heterocycles. The number of nitrogens with zero attached hydrogens (tertiary/aromatic N) is 7. The first-order valence-electron chi connectivity index (χ1n) is 13.7. The van der Waals surface area contributed by atoms with Gasteiger partial charge in [-0.3, -0.25) is 4.79 Å². The van der Waals surface area contributed by atoms with Gasteiger partial charge in [-0.15, -0.1) is 10.2 Å². The summed E-state index contributed by atoms with van der Waals surface area (Å²) in [5, 5.41) is 13.1. The van der Waals surface area contributed by atoms with E-state index in [1.54, 1.807) is 6.07 Å². The molecule has 0 N–H and O–H groups in total. The maximum Gasteiger partial charge on any atom is 0.274 e. The maximum atomic E-state index is 12.7. The summed E-state index contributed by atoms with van der Waals surface area (Å²) in [6, 6.07) is 14.6. The summed E-state index contributed by atoms with van der Waals surface area (Å²) >= 11 is 0. The molecular weight excluding hydrogens is 490 g/mol. The maximum absolute atomic E-state index is 12.7. The van der Waals surface area contributed by atoms with Crippen molar-refractivity contribution >= 4 is 11.6 Å². The highest BCUT2D eigenvalue weighted by Gasteiger charge is 2.33. The van der Waals surface area contributed by atoms with Crippen LogP contribution in [0.1, 0.15) is 58.3 Å². The Morgan fingerprint density at radius 2 is 1.77 bits per heavy atom. The van der Waals surface area contributed by atoms with Gasteiger partial charge in [0.25, 0.3) is 5.91 Å². The van der Waals surface area contributed by atoms with Crippen molar-refractivity contribution in [2.45, 2.75) is 58.1 Å². The SMILES string of the molecule is Cc1cc2nc(C)c(O[C@@H]3CCC(c4ccc(-c5ccc(C(=O)N6CC(N(C)C)C6)nn5)cc4)C3)c(C)n2n1. The zero-order chi connectivity index (χ0) is 27.3. The van der Waals surface area contributed by atoms with Gasteiger partial charge in [-0.2, -0.15) is 5.10 Å². The lowest BCUT2D eigenvalue weighted by Crippen LogP contribution is -2.59. The number of likely N-dealkylation sites (tertiary alicyclic amines) is 1. The summed E-state index contributed by atoms with van der Waals surface area (Å²) in [5.74, 6) is 1.24. The van der Waals surface area contributed by atoms with Gasteiger partial charge in [0.05, 0.1) is 28.9 Å². The summed E-state index contributed by atoms with van der Waals surface area (Å²) in [6.07, 6.45) is 3.21. The molecule has 3 aromatic heterocycles. The van der Waals surface area contributed by atoms with Crippen molar-refractivity contribution in [3.05, 3.63) is 70.8 Å². The number of aromatic nitrogens is 5. The Labute approximate surface area is 228 Å². The van der Waals surface area contributed by atoms with Crippen LogP contribution in [0.25, 0.3) is 16.9 Å². The van der Waals surface area contributed by atoms with Gasteiger partial charge in [-0.25, -0.2) is 9.50 Å². The number of hydrogen-bond acceptors (Lipinski definition) is 7. The van der Waals surface area contributed by atoms with Crippen LogP contribution in [0.3, 0.4) is 0 Å². The molecule has 2 fully saturated rings. The van der Waals surface area contributed by atoms with Gasteiger partial charge < -0.3 is 14.5 Å². The largest absolute Gasteiger partial charge is 0.487 e. The molecule has 9 nitrogen and oxygen atoms in total. The molecule has 4 aromatic rings. The standard InChI is InChI=1S/C30H35N7O2/c1-18-14-28-31-19(2)29(20(3)37(28)34-18)39-25-11-10-23(15-25)21-6-8-22(9-7-21)26-12-13-27(33-32-26)30(38)36-16-24(17-36)35(4)5/h6-9,12-14,23-25H,10-11,15-17H2,1-5H3/t23?,25-/m1/s1. The van der Waals surface area contributed by atoms with E-state index in [2.05, 4.69) is 44.5 Å². The highest BCUT2D eigenvalue weighted by molar-refractivity contribution is 5.93. The second-order valence-electron chi connectivity index (χ2n) is 11.2. The lowest BCUT2D eigenvalue weighted by atomic mass is 9.96. The second kappa shape index (κ2) is 10.0. The number of aryl methyl sites for hydroxylation is 3. The van der Waals surface area contributed by atoms with Crippen molar-refractivity contribution in [3.63, 3.8) is 0 Å². The van der Waals surface area contributed by atoms with E-state index in [9.17, 15) is 4.79 Å². The van der Waals surface area contributed by atoms with E-state index >= 15 is 0 Å². The fourth-order valence-electron chi connectivity index (χ4n) is 5.72. The minimum Gasteiger partial charge on any atom is -0.487 e. The molecule has 4 heterocycles. The molecule has 1 amide bonds. The normalized spacial score (nSPS) is 19.6.